The van der Waals surface area contributed by atoms with E-state index in [1.165, 1.54) is 29.3 Å². The molecular weight excluding hydrogens is 658 g/mol. The number of carbonyl (C=O) groups excluding carboxylic acids is 1. The number of aromatic nitrogens is 9. The van der Waals surface area contributed by atoms with Crippen LogP contribution in [0.2, 0.25) is 30.7 Å². The topological polar surface area (TPSA) is 133 Å². The molecule has 4 aromatic heterocycles. The molecule has 1 amide bonds. The predicted molar refractivity (Wildman–Crippen MR) is 176 cm³/mol. The number of nitrogens with one attached hydrogen (secondary N) is 1. The van der Waals surface area contributed by atoms with Crippen LogP contribution in [0.5, 0.6) is 0 Å². The summed E-state index contributed by atoms with van der Waals surface area (Å²) in [6, 6.07) is 5.08. The van der Waals surface area contributed by atoms with Crippen molar-refractivity contribution >= 4 is 31.2 Å². The summed E-state index contributed by atoms with van der Waals surface area (Å²) in [6.07, 6.45) is 10.9. The molecule has 1 fully saturated rings. The number of aromatic amines is 1. The fraction of sp³-hybridized carbons (Fsp3) is 0.344. The van der Waals surface area contributed by atoms with Crippen molar-refractivity contribution in [3.05, 3.63) is 83.4 Å². The van der Waals surface area contributed by atoms with Gasteiger partial charge in [0.15, 0.2) is 17.5 Å². The highest BCUT2D eigenvalue weighted by Gasteiger charge is 2.42. The first kappa shape index (κ1) is 32.0. The number of pyridine rings is 1. The van der Waals surface area contributed by atoms with E-state index in [9.17, 15) is 4.79 Å². The second kappa shape index (κ2) is 12.8. The van der Waals surface area contributed by atoms with Crippen LogP contribution in [0.25, 0.3) is 34.0 Å². The lowest BCUT2D eigenvalue weighted by Crippen LogP contribution is -2.39. The number of fused-ring (bicyclic) bond motifs is 1. The van der Waals surface area contributed by atoms with E-state index in [1.807, 2.05) is 0 Å². The number of H-pyrrole nitrogens is 1. The monoisotopic (exact) mass is 690 g/mol. The molecule has 12 nitrogen and oxygen atoms in total. The molecule has 1 unspecified atom stereocenters. The molecule has 48 heavy (non-hydrogen) atoms. The zero-order valence-electron chi connectivity index (χ0n) is 26.6. The molecule has 0 spiro atoms. The molecule has 6 heterocycles. The highest BCUT2D eigenvalue weighted by Crippen LogP contribution is 2.44. The maximum Gasteiger partial charge on any atom is 0.247 e. The van der Waals surface area contributed by atoms with Crippen molar-refractivity contribution in [1.29, 1.82) is 0 Å². The first-order valence-electron chi connectivity index (χ1n) is 15.6. The molecular formula is C32H33ClF2N10O2Si. The lowest BCUT2D eigenvalue weighted by atomic mass is 9.92. The maximum atomic E-state index is 16.0. The zero-order chi connectivity index (χ0) is 33.6. The Hall–Kier alpha value is -4.60. The summed E-state index contributed by atoms with van der Waals surface area (Å²) in [5.74, 6) is -0.564. The van der Waals surface area contributed by atoms with Gasteiger partial charge in [0.1, 0.15) is 24.6 Å². The van der Waals surface area contributed by atoms with E-state index in [-0.39, 0.29) is 46.6 Å². The van der Waals surface area contributed by atoms with E-state index < -0.39 is 19.7 Å². The van der Waals surface area contributed by atoms with Gasteiger partial charge in [-0.15, -0.1) is 5.10 Å². The smallest absolute Gasteiger partial charge is 0.247 e. The summed E-state index contributed by atoms with van der Waals surface area (Å²) in [7, 11) is -1.25. The standard InChI is InChI=1S/C32H33ClF2N10O2Si/c1-48(2,3)13-12-47-18-43-11-10-37-32(43)30-28(34)21(8-9-36-30)23-16-38-31(40-23)25-6-4-20-14-19(15-26(46)45(20)25)27-24(44-17-39-41-42-44)7-5-22(33)29(27)35/h5,7-11,15-17,20,25H,4,6,12-14,18H2,1-3H3,(H,38,40)/t20?,25-/m0/s1. The summed E-state index contributed by atoms with van der Waals surface area (Å²) in [5.41, 5.74) is 1.91. The van der Waals surface area contributed by atoms with Gasteiger partial charge in [-0.2, -0.15) is 4.68 Å². The normalized spacial score (nSPS) is 18.0. The molecule has 1 aromatic carbocycles. The maximum absolute atomic E-state index is 16.0. The van der Waals surface area contributed by atoms with E-state index in [0.717, 1.165) is 6.04 Å². The Kier molecular flexibility index (Phi) is 8.51. The summed E-state index contributed by atoms with van der Waals surface area (Å²) in [4.78, 5) is 31.9. The minimum Gasteiger partial charge on any atom is -0.361 e. The molecule has 16 heteroatoms. The Balaban J connectivity index is 1.12. The Morgan fingerprint density at radius 3 is 2.73 bits per heavy atom. The molecule has 1 saturated heterocycles. The van der Waals surface area contributed by atoms with Crippen LogP contribution in [0.3, 0.4) is 0 Å². The first-order chi connectivity index (χ1) is 23.1. The van der Waals surface area contributed by atoms with Crippen molar-refractivity contribution in [2.45, 2.75) is 63.8 Å². The van der Waals surface area contributed by atoms with Gasteiger partial charge in [0.25, 0.3) is 0 Å². The molecule has 0 aliphatic carbocycles. The Morgan fingerprint density at radius 1 is 1.08 bits per heavy atom. The van der Waals surface area contributed by atoms with Crippen LogP contribution in [0.4, 0.5) is 8.78 Å². The molecule has 248 valence electrons. The highest BCUT2D eigenvalue weighted by molar-refractivity contribution is 6.76. The minimum atomic E-state index is -1.25. The molecule has 0 bridgehead atoms. The van der Waals surface area contributed by atoms with Gasteiger partial charge in [-0.05, 0) is 59.5 Å². The number of rotatable bonds is 10. The van der Waals surface area contributed by atoms with Gasteiger partial charge in [0.2, 0.25) is 5.91 Å². The SMILES string of the molecule is C[Si](C)(C)CCOCn1ccnc1-c1nccc(-c2cnc([C@@H]3CCC4CC(c5c(-n6cnnn6)ccc(Cl)c5F)=CC(=O)N43)[nH]2)c1F. The zero-order valence-corrected chi connectivity index (χ0v) is 28.3. The van der Waals surface area contributed by atoms with Gasteiger partial charge in [-0.3, -0.25) is 4.79 Å². The van der Waals surface area contributed by atoms with E-state index in [2.05, 4.69) is 55.1 Å². The van der Waals surface area contributed by atoms with Gasteiger partial charge in [0.05, 0.1) is 28.6 Å². The third kappa shape index (κ3) is 6.08. The van der Waals surface area contributed by atoms with Crippen LogP contribution in [-0.4, -0.2) is 76.2 Å². The number of halogens is 3. The number of hydrogen-bond acceptors (Lipinski definition) is 8. The quantitative estimate of drug-likeness (QED) is 0.138. The lowest BCUT2D eigenvalue weighted by molar-refractivity contribution is -0.129. The van der Waals surface area contributed by atoms with Crippen LogP contribution in [0.1, 0.15) is 36.7 Å². The molecule has 2 atom stereocenters. The van der Waals surface area contributed by atoms with Gasteiger partial charge < -0.3 is 19.2 Å². The Bertz CT molecular complexity index is 2010. The van der Waals surface area contributed by atoms with Crippen molar-refractivity contribution in [1.82, 2.24) is 49.6 Å². The number of nitrogens with zero attached hydrogens (tertiary/aromatic N) is 9. The van der Waals surface area contributed by atoms with E-state index >= 15 is 8.78 Å². The fourth-order valence-electron chi connectivity index (χ4n) is 6.33. The minimum absolute atomic E-state index is 0.0636. The summed E-state index contributed by atoms with van der Waals surface area (Å²) in [5, 5.41) is 11.1. The van der Waals surface area contributed by atoms with Crippen molar-refractivity contribution in [3.8, 4) is 28.5 Å². The molecule has 5 aromatic rings. The van der Waals surface area contributed by atoms with Crippen LogP contribution >= 0.6 is 11.6 Å². The van der Waals surface area contributed by atoms with Crippen molar-refractivity contribution in [3.63, 3.8) is 0 Å². The van der Waals surface area contributed by atoms with Crippen molar-refractivity contribution < 1.29 is 18.3 Å². The largest absolute Gasteiger partial charge is 0.361 e. The van der Waals surface area contributed by atoms with Crippen LogP contribution in [0.15, 0.2) is 55.4 Å². The van der Waals surface area contributed by atoms with E-state index in [1.54, 1.807) is 40.2 Å². The predicted octanol–water partition coefficient (Wildman–Crippen LogP) is 6.07. The van der Waals surface area contributed by atoms with Gasteiger partial charge in [-0.25, -0.2) is 23.7 Å². The van der Waals surface area contributed by atoms with Gasteiger partial charge in [-0.1, -0.05) is 31.2 Å². The number of tetrazole rings is 1. The Morgan fingerprint density at radius 2 is 1.94 bits per heavy atom. The van der Waals surface area contributed by atoms with E-state index in [4.69, 9.17) is 16.3 Å². The van der Waals surface area contributed by atoms with Gasteiger partial charge in [0, 0.05) is 56.5 Å². The summed E-state index contributed by atoms with van der Waals surface area (Å²) < 4.78 is 40.4. The Labute approximate surface area is 280 Å². The summed E-state index contributed by atoms with van der Waals surface area (Å²) in [6.45, 7) is 7.72. The molecule has 2 aliphatic heterocycles. The first-order valence-corrected chi connectivity index (χ1v) is 19.7. The van der Waals surface area contributed by atoms with Crippen molar-refractivity contribution in [2.75, 3.05) is 6.61 Å². The number of carbonyl (C=O) groups is 1. The van der Waals surface area contributed by atoms with Crippen LogP contribution in [0, 0.1) is 11.6 Å². The number of ether oxygens (including phenoxy) is 1. The number of imidazole rings is 2. The average Bonchev–Trinajstić information content (AvgIpc) is 3.87. The molecule has 0 saturated carbocycles. The molecule has 1 N–H and O–H groups in total. The van der Waals surface area contributed by atoms with Crippen LogP contribution < -0.4 is 0 Å². The third-order valence-corrected chi connectivity index (χ3v) is 10.7. The second-order valence-electron chi connectivity index (χ2n) is 13.1. The average molecular weight is 691 g/mol. The van der Waals surface area contributed by atoms with Gasteiger partial charge >= 0.3 is 0 Å². The van der Waals surface area contributed by atoms with Crippen molar-refractivity contribution in [2.24, 2.45) is 0 Å². The molecule has 0 radical (unpaired) electrons. The second-order valence-corrected chi connectivity index (χ2v) is 19.2. The lowest BCUT2D eigenvalue weighted by Gasteiger charge is -2.33. The molecule has 2 aliphatic rings. The number of amides is 1. The number of benzene rings is 1. The highest BCUT2D eigenvalue weighted by atomic mass is 35.5. The molecule has 7 rings (SSSR count). The summed E-state index contributed by atoms with van der Waals surface area (Å²) >= 11 is 6.16. The fourth-order valence-corrected chi connectivity index (χ4v) is 7.24. The number of hydrogen-bond donors (Lipinski definition) is 1. The van der Waals surface area contributed by atoms with E-state index in [0.29, 0.717) is 54.5 Å². The van der Waals surface area contributed by atoms with Crippen LogP contribution in [-0.2, 0) is 16.3 Å². The third-order valence-electron chi connectivity index (χ3n) is 8.74.